The lowest BCUT2D eigenvalue weighted by molar-refractivity contribution is -0.144. The van der Waals surface area contributed by atoms with Gasteiger partial charge in [0, 0.05) is 40.2 Å². The molecule has 1 heterocycles. The Labute approximate surface area is 215 Å². The zero-order valence-corrected chi connectivity index (χ0v) is 21.4. The molecule has 5 nitrogen and oxygen atoms in total. The topological polar surface area (TPSA) is 43.9 Å². The molecule has 0 saturated carbocycles. The summed E-state index contributed by atoms with van der Waals surface area (Å²) in [6.45, 7) is 2.75. The molecule has 0 N–H and O–H groups in total. The number of rotatable bonds is 4. The molecular formula is C26H28F7N3O2. The quantitative estimate of drug-likeness (QED) is 0.458. The third kappa shape index (κ3) is 5.88. The van der Waals surface area contributed by atoms with E-state index in [1.807, 2.05) is 0 Å². The molecule has 2 atom stereocenters. The van der Waals surface area contributed by atoms with Gasteiger partial charge in [-0.15, -0.1) is 0 Å². The Kier molecular flexibility index (Phi) is 7.78. The van der Waals surface area contributed by atoms with E-state index in [9.17, 15) is 40.3 Å². The van der Waals surface area contributed by atoms with E-state index in [0.29, 0.717) is 17.7 Å². The van der Waals surface area contributed by atoms with Gasteiger partial charge in [-0.05, 0) is 55.3 Å². The van der Waals surface area contributed by atoms with Gasteiger partial charge in [-0.2, -0.15) is 26.3 Å². The lowest BCUT2D eigenvalue weighted by Crippen LogP contribution is -2.49. The van der Waals surface area contributed by atoms with Crippen LogP contribution in [0, 0.1) is 5.82 Å². The molecule has 2 aromatic rings. The Morgan fingerprint density at radius 1 is 0.816 bits per heavy atom. The van der Waals surface area contributed by atoms with Crippen molar-refractivity contribution in [1.82, 2.24) is 14.7 Å². The van der Waals surface area contributed by atoms with Crippen molar-refractivity contribution in [2.45, 2.75) is 43.6 Å². The van der Waals surface area contributed by atoms with Gasteiger partial charge in [0.05, 0.1) is 22.6 Å². The molecule has 0 aliphatic carbocycles. The number of carbonyl (C=O) groups is 2. The number of halogens is 7. The summed E-state index contributed by atoms with van der Waals surface area (Å²) < 4.78 is 94.2. The molecular weight excluding hydrogens is 519 g/mol. The molecule has 1 saturated heterocycles. The first kappa shape index (κ1) is 29.2. The Morgan fingerprint density at radius 2 is 1.29 bits per heavy atom. The molecule has 0 aromatic heterocycles. The van der Waals surface area contributed by atoms with E-state index in [0.717, 1.165) is 0 Å². The number of benzene rings is 2. The SMILES string of the molecule is CN(C)C(=O)N1CC(c2ccc(F)cc2)[C@H](N(C)C(=O)C(C)(C)c2cc(C(F)(F)F)cc(C(F)(F)F)c2)C1. The maximum atomic E-state index is 13.7. The third-order valence-corrected chi connectivity index (χ3v) is 6.90. The van der Waals surface area contributed by atoms with E-state index in [1.165, 1.54) is 59.9 Å². The van der Waals surface area contributed by atoms with Gasteiger partial charge in [-0.3, -0.25) is 4.79 Å². The maximum Gasteiger partial charge on any atom is 0.416 e. The van der Waals surface area contributed by atoms with Crippen molar-refractivity contribution in [1.29, 1.82) is 0 Å². The molecule has 3 rings (SSSR count). The smallest absolute Gasteiger partial charge is 0.340 e. The van der Waals surface area contributed by atoms with Crippen molar-refractivity contribution < 1.29 is 40.3 Å². The van der Waals surface area contributed by atoms with Crippen molar-refractivity contribution in [3.63, 3.8) is 0 Å². The van der Waals surface area contributed by atoms with E-state index in [2.05, 4.69) is 0 Å². The Bertz CT molecular complexity index is 1160. The molecule has 1 unspecified atom stereocenters. The van der Waals surface area contributed by atoms with Crippen molar-refractivity contribution in [2.24, 2.45) is 0 Å². The number of hydrogen-bond acceptors (Lipinski definition) is 2. The average molecular weight is 548 g/mol. The second-order valence-corrected chi connectivity index (χ2v) is 10.1. The van der Waals surface area contributed by atoms with Gasteiger partial charge < -0.3 is 14.7 Å². The summed E-state index contributed by atoms with van der Waals surface area (Å²) in [5.74, 6) is -1.70. The molecule has 3 amide bonds. The normalized spacial score (nSPS) is 18.5. The van der Waals surface area contributed by atoms with E-state index in [4.69, 9.17) is 0 Å². The van der Waals surface area contributed by atoms with Crippen LogP contribution in [0.4, 0.5) is 35.5 Å². The van der Waals surface area contributed by atoms with Crippen LogP contribution in [-0.4, -0.2) is 66.9 Å². The molecule has 0 radical (unpaired) electrons. The van der Waals surface area contributed by atoms with Crippen molar-refractivity contribution in [3.05, 3.63) is 70.5 Å². The summed E-state index contributed by atoms with van der Waals surface area (Å²) in [6.07, 6.45) is -10.1. The fourth-order valence-electron chi connectivity index (χ4n) is 4.69. The standard InChI is InChI=1S/C26H28F7N3O2/c1-24(2,16-10-17(25(28,29)30)12-18(11-16)26(31,32)33)22(37)35(5)21-14-36(23(38)34(3)4)13-20(21)15-6-8-19(27)9-7-15/h6-12,20-21H,13-14H2,1-5H3/t20?,21-/m1/s1. The Morgan fingerprint density at radius 3 is 1.74 bits per heavy atom. The van der Waals surface area contributed by atoms with Crippen LogP contribution in [0.25, 0.3) is 0 Å². The molecule has 2 aromatic carbocycles. The highest BCUT2D eigenvalue weighted by Gasteiger charge is 2.45. The fourth-order valence-corrected chi connectivity index (χ4v) is 4.69. The van der Waals surface area contributed by atoms with Gasteiger partial charge in [0.15, 0.2) is 0 Å². The minimum absolute atomic E-state index is 0.0139. The average Bonchev–Trinajstić information content (AvgIpc) is 3.26. The summed E-state index contributed by atoms with van der Waals surface area (Å²) in [6, 6.07) is 5.59. The molecule has 1 fully saturated rings. The number of nitrogens with zero attached hydrogens (tertiary/aromatic N) is 3. The van der Waals surface area contributed by atoms with Crippen LogP contribution < -0.4 is 0 Å². The third-order valence-electron chi connectivity index (χ3n) is 6.90. The van der Waals surface area contributed by atoms with Gasteiger partial charge in [-0.1, -0.05) is 12.1 Å². The number of likely N-dealkylation sites (tertiary alicyclic amines) is 1. The van der Waals surface area contributed by atoms with Crippen LogP contribution in [0.1, 0.15) is 42.0 Å². The van der Waals surface area contributed by atoms with Crippen LogP contribution in [0.3, 0.4) is 0 Å². The van der Waals surface area contributed by atoms with Crippen LogP contribution in [-0.2, 0) is 22.6 Å². The highest BCUT2D eigenvalue weighted by molar-refractivity contribution is 5.88. The van der Waals surface area contributed by atoms with Gasteiger partial charge in [0.2, 0.25) is 5.91 Å². The van der Waals surface area contributed by atoms with Gasteiger partial charge in [0.1, 0.15) is 5.82 Å². The summed E-state index contributed by atoms with van der Waals surface area (Å²) in [4.78, 5) is 30.5. The lowest BCUT2D eigenvalue weighted by atomic mass is 9.80. The second-order valence-electron chi connectivity index (χ2n) is 10.1. The molecule has 0 spiro atoms. The number of likely N-dealkylation sites (N-methyl/N-ethyl adjacent to an activating group) is 1. The van der Waals surface area contributed by atoms with E-state index >= 15 is 0 Å². The highest BCUT2D eigenvalue weighted by Crippen LogP contribution is 2.40. The number of amides is 3. The maximum absolute atomic E-state index is 13.7. The van der Waals surface area contributed by atoms with E-state index in [1.54, 1.807) is 14.1 Å². The van der Waals surface area contributed by atoms with E-state index < -0.39 is 58.1 Å². The largest absolute Gasteiger partial charge is 0.416 e. The first-order chi connectivity index (χ1) is 17.3. The van der Waals surface area contributed by atoms with Crippen molar-refractivity contribution in [3.8, 4) is 0 Å². The molecule has 208 valence electrons. The summed E-state index contributed by atoms with van der Waals surface area (Å²) in [5, 5.41) is 0. The number of urea groups is 1. The zero-order chi connectivity index (χ0) is 28.8. The molecule has 12 heteroatoms. The molecule has 38 heavy (non-hydrogen) atoms. The Balaban J connectivity index is 2.03. The summed E-state index contributed by atoms with van der Waals surface area (Å²) in [5.41, 5.74) is -4.64. The number of hydrogen-bond donors (Lipinski definition) is 0. The molecule has 0 bridgehead atoms. The van der Waals surface area contributed by atoms with Crippen LogP contribution >= 0.6 is 0 Å². The molecule has 1 aliphatic rings. The van der Waals surface area contributed by atoms with Gasteiger partial charge >= 0.3 is 18.4 Å². The molecule has 1 aliphatic heterocycles. The first-order valence-corrected chi connectivity index (χ1v) is 11.6. The zero-order valence-electron chi connectivity index (χ0n) is 21.4. The second kappa shape index (κ2) is 10.1. The monoisotopic (exact) mass is 547 g/mol. The Hall–Kier alpha value is -3.31. The first-order valence-electron chi connectivity index (χ1n) is 11.6. The van der Waals surface area contributed by atoms with Crippen LogP contribution in [0.15, 0.2) is 42.5 Å². The fraction of sp³-hybridized carbons (Fsp3) is 0.462. The summed E-state index contributed by atoms with van der Waals surface area (Å²) >= 11 is 0. The van der Waals surface area contributed by atoms with Gasteiger partial charge in [-0.25, -0.2) is 9.18 Å². The van der Waals surface area contributed by atoms with E-state index in [-0.39, 0.29) is 25.2 Å². The highest BCUT2D eigenvalue weighted by atomic mass is 19.4. The number of carbonyl (C=O) groups excluding carboxylic acids is 2. The lowest BCUT2D eigenvalue weighted by Gasteiger charge is -2.36. The minimum atomic E-state index is -5.06. The van der Waals surface area contributed by atoms with Crippen molar-refractivity contribution in [2.75, 3.05) is 34.2 Å². The number of alkyl halides is 6. The summed E-state index contributed by atoms with van der Waals surface area (Å²) in [7, 11) is 4.49. The van der Waals surface area contributed by atoms with Crippen LogP contribution in [0.2, 0.25) is 0 Å². The van der Waals surface area contributed by atoms with Crippen LogP contribution in [0.5, 0.6) is 0 Å². The van der Waals surface area contributed by atoms with Gasteiger partial charge in [0.25, 0.3) is 0 Å². The van der Waals surface area contributed by atoms with Crippen molar-refractivity contribution >= 4 is 11.9 Å². The minimum Gasteiger partial charge on any atom is -0.340 e. The predicted molar refractivity (Wildman–Crippen MR) is 126 cm³/mol. The predicted octanol–water partition coefficient (Wildman–Crippen LogP) is 5.75.